The van der Waals surface area contributed by atoms with Crippen LogP contribution < -0.4 is 26.6 Å². The summed E-state index contributed by atoms with van der Waals surface area (Å²) < 4.78 is 27.7. The van der Waals surface area contributed by atoms with E-state index >= 15 is 0 Å². The number of nitrogens with zero attached hydrogens (tertiary/aromatic N) is 5. The van der Waals surface area contributed by atoms with Crippen LogP contribution in [0.15, 0.2) is 63.9 Å². The van der Waals surface area contributed by atoms with Crippen LogP contribution >= 0.6 is 22.9 Å². The molecule has 0 amide bonds. The van der Waals surface area contributed by atoms with E-state index in [0.717, 1.165) is 57.8 Å². The van der Waals surface area contributed by atoms with Gasteiger partial charge in [0.25, 0.3) is 5.16 Å². The van der Waals surface area contributed by atoms with Crippen LogP contribution in [-0.2, 0) is 9.84 Å². The molecule has 0 unspecified atom stereocenters. The normalized spacial score (nSPS) is 13.6. The second kappa shape index (κ2) is 12.2. The molecule has 11 nitrogen and oxygen atoms in total. The van der Waals surface area contributed by atoms with Crippen LogP contribution in [0.5, 0.6) is 0 Å². The largest absolute Gasteiger partial charge is 0.363 e. The first-order chi connectivity index (χ1) is 19.3. The third kappa shape index (κ3) is 6.69. The number of aryl methyl sites for hydroxylation is 2. The van der Waals surface area contributed by atoms with Gasteiger partial charge in [0.05, 0.1) is 33.5 Å². The predicted octanol–water partition coefficient (Wildman–Crippen LogP) is 6.90. The van der Waals surface area contributed by atoms with Crippen molar-refractivity contribution in [2.45, 2.75) is 38.8 Å². The fraction of sp³-hybridized carbons (Fsp3) is 0.308. The Bertz CT molecular complexity index is 1610. The summed E-state index contributed by atoms with van der Waals surface area (Å²) in [5.41, 5.74) is 18.5. The molecule has 5 rings (SSSR count). The summed E-state index contributed by atoms with van der Waals surface area (Å²) >= 11 is 2.66. The minimum Gasteiger partial charge on any atom is -0.363 e. The van der Waals surface area contributed by atoms with Gasteiger partial charge in [0.15, 0.2) is 0 Å². The molecule has 1 saturated heterocycles. The fourth-order valence-electron chi connectivity index (χ4n) is 4.10. The molecule has 4 aromatic rings. The summed E-state index contributed by atoms with van der Waals surface area (Å²) in [6.07, 6.45) is 2.54. The summed E-state index contributed by atoms with van der Waals surface area (Å²) in [5, 5.41) is 10.7. The lowest BCUT2D eigenvalue weighted by Gasteiger charge is -2.15. The lowest BCUT2D eigenvalue weighted by Crippen LogP contribution is -2.15. The topological polar surface area (TPSA) is 136 Å². The quantitative estimate of drug-likeness (QED) is 0.107. The zero-order valence-electron chi connectivity index (χ0n) is 22.4. The Morgan fingerprint density at radius 1 is 0.900 bits per heavy atom. The maximum absolute atomic E-state index is 11.9. The minimum absolute atomic E-state index is 0.0605. The van der Waals surface area contributed by atoms with Crippen LogP contribution in [0, 0.1) is 13.8 Å². The van der Waals surface area contributed by atoms with E-state index in [1.807, 2.05) is 44.2 Å². The predicted molar refractivity (Wildman–Crippen MR) is 164 cm³/mol. The molecule has 1 aliphatic rings. The Kier molecular flexibility index (Phi) is 8.47. The van der Waals surface area contributed by atoms with Crippen LogP contribution in [0.4, 0.5) is 37.9 Å². The molecule has 2 aromatic heterocycles. The van der Waals surface area contributed by atoms with Gasteiger partial charge < -0.3 is 21.2 Å². The van der Waals surface area contributed by atoms with E-state index < -0.39 is 9.84 Å². The molecule has 14 heteroatoms. The number of hydrazine groups is 2. The van der Waals surface area contributed by atoms with E-state index in [1.54, 1.807) is 18.3 Å². The zero-order chi connectivity index (χ0) is 28.1. The summed E-state index contributed by atoms with van der Waals surface area (Å²) in [7, 11) is -3.46. The SMILES string of the molecule is CCS(=O)(=O)c1nsc(N=Nc2ccc(NNc3ccc(NNc4ccc(N5CCCC5)s4)cc3C)cc2C)n1. The number of hydrogen-bond acceptors (Lipinski definition) is 13. The molecule has 0 aliphatic carbocycles. The van der Waals surface area contributed by atoms with Crippen molar-refractivity contribution in [1.82, 2.24) is 9.36 Å². The number of thiophene rings is 1. The van der Waals surface area contributed by atoms with Crippen molar-refractivity contribution in [3.63, 3.8) is 0 Å². The highest BCUT2D eigenvalue weighted by Gasteiger charge is 2.18. The van der Waals surface area contributed by atoms with Gasteiger partial charge in [0.2, 0.25) is 15.0 Å². The highest BCUT2D eigenvalue weighted by molar-refractivity contribution is 7.91. The van der Waals surface area contributed by atoms with Crippen molar-refractivity contribution in [2.75, 3.05) is 45.4 Å². The first-order valence-corrected chi connectivity index (χ1v) is 16.1. The molecule has 2 aromatic carbocycles. The van der Waals surface area contributed by atoms with E-state index in [2.05, 4.69) is 64.4 Å². The van der Waals surface area contributed by atoms with Gasteiger partial charge in [-0.05, 0) is 86.3 Å². The Labute approximate surface area is 241 Å². The van der Waals surface area contributed by atoms with Crippen LogP contribution in [0.3, 0.4) is 0 Å². The van der Waals surface area contributed by atoms with Crippen LogP contribution in [0.25, 0.3) is 0 Å². The van der Waals surface area contributed by atoms with Crippen molar-refractivity contribution < 1.29 is 8.42 Å². The smallest absolute Gasteiger partial charge is 0.260 e. The van der Waals surface area contributed by atoms with Gasteiger partial charge in [-0.2, -0.15) is 9.36 Å². The van der Waals surface area contributed by atoms with Crippen LogP contribution in [-0.4, -0.2) is 36.6 Å². The van der Waals surface area contributed by atoms with Crippen LogP contribution in [0.2, 0.25) is 0 Å². The molecule has 0 atom stereocenters. The number of anilines is 5. The molecule has 1 fully saturated rings. The maximum Gasteiger partial charge on any atom is 0.260 e. The number of rotatable bonds is 11. The number of nitrogens with one attached hydrogen (secondary N) is 4. The second-order valence-corrected chi connectivity index (χ2v) is 13.3. The Balaban J connectivity index is 1.14. The highest BCUT2D eigenvalue weighted by Crippen LogP contribution is 2.32. The average molecular weight is 598 g/mol. The van der Waals surface area contributed by atoms with E-state index in [0.29, 0.717) is 5.69 Å². The monoisotopic (exact) mass is 597 g/mol. The molecular formula is C26H31N9O2S3. The van der Waals surface area contributed by atoms with E-state index in [1.165, 1.54) is 17.8 Å². The molecule has 0 saturated carbocycles. The minimum atomic E-state index is -3.46. The van der Waals surface area contributed by atoms with Gasteiger partial charge in [0.1, 0.15) is 5.00 Å². The van der Waals surface area contributed by atoms with Gasteiger partial charge >= 0.3 is 0 Å². The molecule has 0 radical (unpaired) electrons. The van der Waals surface area contributed by atoms with Gasteiger partial charge in [-0.15, -0.1) is 10.2 Å². The summed E-state index contributed by atoms with van der Waals surface area (Å²) in [6, 6.07) is 16.1. The molecular weight excluding hydrogens is 567 g/mol. The van der Waals surface area contributed by atoms with Crippen molar-refractivity contribution in [1.29, 1.82) is 0 Å². The average Bonchev–Trinajstić information content (AvgIpc) is 3.73. The zero-order valence-corrected chi connectivity index (χ0v) is 24.9. The van der Waals surface area contributed by atoms with Gasteiger partial charge in [-0.3, -0.25) is 5.43 Å². The van der Waals surface area contributed by atoms with Gasteiger partial charge in [-0.25, -0.2) is 8.42 Å². The first-order valence-electron chi connectivity index (χ1n) is 12.9. The number of aromatic nitrogens is 2. The van der Waals surface area contributed by atoms with Gasteiger partial charge in [0, 0.05) is 24.6 Å². The standard InChI is InChI=1S/C26H31N9O2S3/c1-4-40(36,37)26-27-25(39-34-26)33-31-22-10-7-19(15-18(22)3)28-30-21-9-8-20(16-17(21)2)29-32-23-11-12-24(38-23)35-13-5-6-14-35/h7-12,15-16,28-30,32H,4-6,13-14H2,1-3H3. The third-order valence-corrected chi connectivity index (χ3v) is 9.68. The third-order valence-electron chi connectivity index (χ3n) is 6.40. The van der Waals surface area contributed by atoms with E-state index in [-0.39, 0.29) is 16.0 Å². The van der Waals surface area contributed by atoms with E-state index in [9.17, 15) is 8.42 Å². The molecule has 4 N–H and O–H groups in total. The summed E-state index contributed by atoms with van der Waals surface area (Å²) in [5.74, 6) is -0.0605. The highest BCUT2D eigenvalue weighted by atomic mass is 32.2. The number of sulfone groups is 1. The van der Waals surface area contributed by atoms with Crippen molar-refractivity contribution in [3.8, 4) is 0 Å². The van der Waals surface area contributed by atoms with Crippen molar-refractivity contribution >= 4 is 70.6 Å². The molecule has 210 valence electrons. The molecule has 40 heavy (non-hydrogen) atoms. The lowest BCUT2D eigenvalue weighted by molar-refractivity contribution is 0.590. The van der Waals surface area contributed by atoms with Crippen molar-refractivity contribution in [3.05, 3.63) is 59.7 Å². The second-order valence-electron chi connectivity index (χ2n) is 9.33. The van der Waals surface area contributed by atoms with Gasteiger partial charge in [-0.1, -0.05) is 18.3 Å². The summed E-state index contributed by atoms with van der Waals surface area (Å²) in [6.45, 7) is 7.81. The molecule has 0 bridgehead atoms. The Hall–Kier alpha value is -3.75. The fourth-order valence-corrected chi connectivity index (χ4v) is 6.52. The summed E-state index contributed by atoms with van der Waals surface area (Å²) in [4.78, 5) is 6.40. The van der Waals surface area contributed by atoms with E-state index in [4.69, 9.17) is 0 Å². The maximum atomic E-state index is 11.9. The number of azo groups is 1. The number of hydrogen-bond donors (Lipinski definition) is 4. The first kappa shape index (κ1) is 27.8. The molecule has 0 spiro atoms. The van der Waals surface area contributed by atoms with Crippen LogP contribution in [0.1, 0.15) is 30.9 Å². The Morgan fingerprint density at radius 3 is 2.35 bits per heavy atom. The lowest BCUT2D eigenvalue weighted by atomic mass is 10.2. The van der Waals surface area contributed by atoms with Crippen molar-refractivity contribution in [2.24, 2.45) is 10.2 Å². The Morgan fingerprint density at radius 2 is 1.62 bits per heavy atom. The molecule has 3 heterocycles. The number of benzene rings is 2. The molecule has 1 aliphatic heterocycles.